The van der Waals surface area contributed by atoms with E-state index in [0.29, 0.717) is 16.1 Å². The number of carbonyl (C=O) groups is 1. The second kappa shape index (κ2) is 4.68. The number of benzene rings is 2. The lowest BCUT2D eigenvalue weighted by Gasteiger charge is -2.06. The highest BCUT2D eigenvalue weighted by molar-refractivity contribution is 6.31. The van der Waals surface area contributed by atoms with E-state index in [4.69, 9.17) is 11.6 Å². The van der Waals surface area contributed by atoms with Gasteiger partial charge in [-0.15, -0.1) is 0 Å². The molecule has 0 unspecified atom stereocenters. The summed E-state index contributed by atoms with van der Waals surface area (Å²) < 4.78 is 13.9. The third kappa shape index (κ3) is 2.22. The largest absolute Gasteiger partial charge is 0.288 e. The van der Waals surface area contributed by atoms with Crippen molar-refractivity contribution in [3.8, 4) is 0 Å². The van der Waals surface area contributed by atoms with E-state index in [1.807, 2.05) is 0 Å². The third-order valence-electron chi connectivity index (χ3n) is 2.60. The molecule has 0 atom stereocenters. The van der Waals surface area contributed by atoms with Crippen LogP contribution in [0.1, 0.15) is 21.5 Å². The van der Waals surface area contributed by atoms with Crippen molar-refractivity contribution in [1.29, 1.82) is 0 Å². The second-order valence-corrected chi connectivity index (χ2v) is 4.14. The van der Waals surface area contributed by atoms with Gasteiger partial charge in [-0.3, -0.25) is 4.79 Å². The zero-order valence-electron chi connectivity index (χ0n) is 9.21. The zero-order valence-corrected chi connectivity index (χ0v) is 9.96. The van der Waals surface area contributed by atoms with Crippen LogP contribution in [0.5, 0.6) is 0 Å². The van der Waals surface area contributed by atoms with Gasteiger partial charge < -0.3 is 0 Å². The highest BCUT2D eigenvalue weighted by atomic mass is 35.5. The van der Waals surface area contributed by atoms with Gasteiger partial charge in [-0.25, -0.2) is 4.39 Å². The van der Waals surface area contributed by atoms with Crippen LogP contribution in [-0.2, 0) is 0 Å². The number of ketones is 1. The molecule has 3 heteroatoms. The van der Waals surface area contributed by atoms with Gasteiger partial charge in [0, 0.05) is 16.1 Å². The molecule has 17 heavy (non-hydrogen) atoms. The maximum atomic E-state index is 13.9. The van der Waals surface area contributed by atoms with E-state index in [2.05, 4.69) is 0 Å². The first kappa shape index (κ1) is 11.8. The number of hydrogen-bond donors (Lipinski definition) is 0. The van der Waals surface area contributed by atoms with Crippen LogP contribution >= 0.6 is 11.6 Å². The Balaban J connectivity index is 2.49. The molecule has 0 bridgehead atoms. The fraction of sp³-hybridized carbons (Fsp3) is 0.0714. The summed E-state index contributed by atoms with van der Waals surface area (Å²) in [6.45, 7) is 1.56. The maximum Gasteiger partial charge on any atom is 0.195 e. The Bertz CT molecular complexity index is 564. The standard InChI is InChI=1S/C14H10ClFO/c1-9-12(15)8-7-11(13(9)16)14(17)10-5-3-2-4-6-10/h2-8H,1H3. The molecule has 2 rings (SSSR count). The summed E-state index contributed by atoms with van der Waals surface area (Å²) >= 11 is 5.79. The van der Waals surface area contributed by atoms with E-state index < -0.39 is 5.82 Å². The molecule has 0 spiro atoms. The first-order valence-electron chi connectivity index (χ1n) is 5.15. The molecule has 0 saturated carbocycles. The summed E-state index contributed by atoms with van der Waals surface area (Å²) in [5.74, 6) is -0.880. The van der Waals surface area contributed by atoms with Crippen LogP contribution in [0.15, 0.2) is 42.5 Å². The monoisotopic (exact) mass is 248 g/mol. The number of hydrogen-bond acceptors (Lipinski definition) is 1. The average Bonchev–Trinajstić information content (AvgIpc) is 2.36. The number of rotatable bonds is 2. The summed E-state index contributed by atoms with van der Waals surface area (Å²) in [4.78, 5) is 12.0. The number of halogens is 2. The molecular weight excluding hydrogens is 239 g/mol. The normalized spacial score (nSPS) is 10.3. The van der Waals surface area contributed by atoms with Gasteiger partial charge in [0.05, 0.1) is 5.56 Å². The Morgan fingerprint density at radius 2 is 1.76 bits per heavy atom. The SMILES string of the molecule is Cc1c(Cl)ccc(C(=O)c2ccccc2)c1F. The van der Waals surface area contributed by atoms with Crippen LogP contribution in [0, 0.1) is 12.7 Å². The molecule has 0 saturated heterocycles. The van der Waals surface area contributed by atoms with Crippen molar-refractivity contribution >= 4 is 17.4 Å². The molecule has 0 amide bonds. The lowest BCUT2D eigenvalue weighted by Crippen LogP contribution is -2.05. The van der Waals surface area contributed by atoms with Crippen molar-refractivity contribution < 1.29 is 9.18 Å². The van der Waals surface area contributed by atoms with Gasteiger partial charge in [0.15, 0.2) is 5.78 Å². The highest BCUT2D eigenvalue weighted by Crippen LogP contribution is 2.23. The second-order valence-electron chi connectivity index (χ2n) is 3.73. The van der Waals surface area contributed by atoms with Crippen molar-refractivity contribution in [2.24, 2.45) is 0 Å². The Kier molecular flexibility index (Phi) is 3.25. The van der Waals surface area contributed by atoms with Crippen molar-refractivity contribution in [1.82, 2.24) is 0 Å². The molecule has 0 aliphatic rings. The van der Waals surface area contributed by atoms with Crippen molar-refractivity contribution in [2.45, 2.75) is 6.92 Å². The van der Waals surface area contributed by atoms with E-state index in [-0.39, 0.29) is 11.3 Å². The van der Waals surface area contributed by atoms with Gasteiger partial charge in [0.1, 0.15) is 5.82 Å². The third-order valence-corrected chi connectivity index (χ3v) is 3.01. The van der Waals surface area contributed by atoms with Crippen LogP contribution in [0.25, 0.3) is 0 Å². The molecule has 0 aliphatic heterocycles. The lowest BCUT2D eigenvalue weighted by atomic mass is 10.0. The van der Waals surface area contributed by atoms with Crippen molar-refractivity contribution in [3.05, 3.63) is 70.0 Å². The molecule has 2 aromatic rings. The average molecular weight is 249 g/mol. The minimum absolute atomic E-state index is 0.0538. The van der Waals surface area contributed by atoms with E-state index in [0.717, 1.165) is 0 Å². The summed E-state index contributed by atoms with van der Waals surface area (Å²) in [6.07, 6.45) is 0. The van der Waals surface area contributed by atoms with Crippen LogP contribution < -0.4 is 0 Å². The molecule has 0 N–H and O–H groups in total. The minimum atomic E-state index is -0.550. The molecule has 1 nitrogen and oxygen atoms in total. The fourth-order valence-electron chi connectivity index (χ4n) is 1.58. The fourth-order valence-corrected chi connectivity index (χ4v) is 1.73. The van der Waals surface area contributed by atoms with Gasteiger partial charge in [-0.2, -0.15) is 0 Å². The molecule has 2 aromatic carbocycles. The predicted octanol–water partition coefficient (Wildman–Crippen LogP) is 4.02. The summed E-state index contributed by atoms with van der Waals surface area (Å²) in [6, 6.07) is 11.6. The van der Waals surface area contributed by atoms with Gasteiger partial charge in [-0.1, -0.05) is 41.9 Å². The zero-order chi connectivity index (χ0) is 12.4. The van der Waals surface area contributed by atoms with Crippen molar-refractivity contribution in [3.63, 3.8) is 0 Å². The van der Waals surface area contributed by atoms with Gasteiger partial charge in [0.2, 0.25) is 0 Å². The lowest BCUT2D eigenvalue weighted by molar-refractivity contribution is 0.103. The molecule has 0 radical (unpaired) electrons. The topological polar surface area (TPSA) is 17.1 Å². The van der Waals surface area contributed by atoms with Gasteiger partial charge in [-0.05, 0) is 19.1 Å². The molecule has 86 valence electrons. The summed E-state index contributed by atoms with van der Waals surface area (Å²) in [5.41, 5.74) is 0.819. The van der Waals surface area contributed by atoms with Crippen LogP contribution in [0.2, 0.25) is 5.02 Å². The predicted molar refractivity (Wildman–Crippen MR) is 66.0 cm³/mol. The van der Waals surface area contributed by atoms with E-state index >= 15 is 0 Å². The van der Waals surface area contributed by atoms with Gasteiger partial charge >= 0.3 is 0 Å². The first-order chi connectivity index (χ1) is 8.11. The Labute approximate surface area is 104 Å². The minimum Gasteiger partial charge on any atom is -0.288 e. The van der Waals surface area contributed by atoms with Gasteiger partial charge in [0.25, 0.3) is 0 Å². The smallest absolute Gasteiger partial charge is 0.195 e. The molecular formula is C14H10ClFO. The Morgan fingerprint density at radius 1 is 1.12 bits per heavy atom. The van der Waals surface area contributed by atoms with E-state index in [9.17, 15) is 9.18 Å². The van der Waals surface area contributed by atoms with Crippen LogP contribution in [0.3, 0.4) is 0 Å². The molecule has 0 aromatic heterocycles. The van der Waals surface area contributed by atoms with E-state index in [1.54, 1.807) is 37.3 Å². The van der Waals surface area contributed by atoms with E-state index in [1.165, 1.54) is 12.1 Å². The Hall–Kier alpha value is -1.67. The summed E-state index contributed by atoms with van der Waals surface area (Å²) in [5, 5.41) is 0.326. The molecule has 0 heterocycles. The van der Waals surface area contributed by atoms with Crippen LogP contribution in [-0.4, -0.2) is 5.78 Å². The van der Waals surface area contributed by atoms with Crippen LogP contribution in [0.4, 0.5) is 4.39 Å². The first-order valence-corrected chi connectivity index (χ1v) is 5.53. The highest BCUT2D eigenvalue weighted by Gasteiger charge is 2.16. The number of carbonyl (C=O) groups excluding carboxylic acids is 1. The summed E-state index contributed by atoms with van der Waals surface area (Å²) in [7, 11) is 0. The van der Waals surface area contributed by atoms with Crippen molar-refractivity contribution in [2.75, 3.05) is 0 Å². The molecule has 0 aliphatic carbocycles. The molecule has 0 fully saturated rings. The maximum absolute atomic E-state index is 13.9. The quantitative estimate of drug-likeness (QED) is 0.734. The Morgan fingerprint density at radius 3 is 2.41 bits per heavy atom.